The molecule has 0 amide bonds. The van der Waals surface area contributed by atoms with E-state index in [2.05, 4.69) is 44.7 Å². The summed E-state index contributed by atoms with van der Waals surface area (Å²) >= 11 is 0. The van der Waals surface area contributed by atoms with Gasteiger partial charge in [-0.3, -0.25) is 14.4 Å². The van der Waals surface area contributed by atoms with Crippen LogP contribution in [-0.4, -0.2) is 63.3 Å². The molecule has 0 aliphatic heterocycles. The lowest BCUT2D eigenvalue weighted by Crippen LogP contribution is -2.26. The number of esters is 3. The zero-order valence-corrected chi connectivity index (χ0v) is 29.4. The van der Waals surface area contributed by atoms with Gasteiger partial charge in [0.25, 0.3) is 0 Å². The molecule has 2 unspecified atom stereocenters. The SMILES string of the molecule is C=CCC(CC)CCCC(=O)OCC(COC(=O)CCCCCCC/C=C\C/C=C\CCCCC)COC(=O)CCCN(C)C. The van der Waals surface area contributed by atoms with Crippen molar-refractivity contribution in [3.8, 4) is 0 Å². The van der Waals surface area contributed by atoms with Crippen molar-refractivity contribution in [1.29, 1.82) is 0 Å². The highest BCUT2D eigenvalue weighted by Crippen LogP contribution is 2.17. The smallest absolute Gasteiger partial charge is 0.305 e. The van der Waals surface area contributed by atoms with E-state index in [9.17, 15) is 14.4 Å². The van der Waals surface area contributed by atoms with Crippen LogP contribution in [0.25, 0.3) is 0 Å². The Morgan fingerprint density at radius 3 is 1.69 bits per heavy atom. The molecule has 0 bridgehead atoms. The van der Waals surface area contributed by atoms with Crippen molar-refractivity contribution in [2.45, 2.75) is 136 Å². The Hall–Kier alpha value is -2.41. The van der Waals surface area contributed by atoms with Gasteiger partial charge >= 0.3 is 17.9 Å². The van der Waals surface area contributed by atoms with Gasteiger partial charge in [-0.05, 0) is 90.8 Å². The van der Waals surface area contributed by atoms with Gasteiger partial charge < -0.3 is 19.1 Å². The number of unbranched alkanes of at least 4 members (excludes halogenated alkanes) is 8. The summed E-state index contributed by atoms with van der Waals surface area (Å²) < 4.78 is 16.4. The lowest BCUT2D eigenvalue weighted by Gasteiger charge is -2.18. The van der Waals surface area contributed by atoms with Gasteiger partial charge in [0.15, 0.2) is 0 Å². The maximum atomic E-state index is 12.4. The molecule has 45 heavy (non-hydrogen) atoms. The van der Waals surface area contributed by atoms with Gasteiger partial charge in [-0.1, -0.05) is 82.8 Å². The third-order valence-electron chi connectivity index (χ3n) is 7.83. The van der Waals surface area contributed by atoms with Gasteiger partial charge in [-0.15, -0.1) is 6.58 Å². The number of ether oxygens (including phenoxy) is 3. The van der Waals surface area contributed by atoms with E-state index in [1.165, 1.54) is 32.1 Å². The van der Waals surface area contributed by atoms with Gasteiger partial charge in [0.1, 0.15) is 19.8 Å². The highest BCUT2D eigenvalue weighted by atomic mass is 16.6. The van der Waals surface area contributed by atoms with Crippen LogP contribution in [0.3, 0.4) is 0 Å². The quantitative estimate of drug-likeness (QED) is 0.0326. The van der Waals surface area contributed by atoms with E-state index in [-0.39, 0.29) is 43.6 Å². The first-order valence-electron chi connectivity index (χ1n) is 17.8. The minimum atomic E-state index is -0.385. The van der Waals surface area contributed by atoms with Crippen LogP contribution >= 0.6 is 0 Å². The summed E-state index contributed by atoms with van der Waals surface area (Å²) in [6.45, 7) is 9.17. The Morgan fingerprint density at radius 1 is 0.644 bits per heavy atom. The number of rotatable bonds is 31. The van der Waals surface area contributed by atoms with Crippen LogP contribution in [0, 0.1) is 11.8 Å². The molecule has 7 heteroatoms. The fourth-order valence-corrected chi connectivity index (χ4v) is 4.87. The molecule has 0 fully saturated rings. The van der Waals surface area contributed by atoms with Crippen molar-refractivity contribution in [2.75, 3.05) is 40.5 Å². The molecule has 0 saturated heterocycles. The highest BCUT2D eigenvalue weighted by Gasteiger charge is 2.18. The summed E-state index contributed by atoms with van der Waals surface area (Å²) in [7, 11) is 3.92. The molecule has 7 nitrogen and oxygen atoms in total. The molecule has 0 rings (SSSR count). The molecule has 260 valence electrons. The first-order valence-corrected chi connectivity index (χ1v) is 17.8. The lowest BCUT2D eigenvalue weighted by molar-refractivity contribution is -0.153. The zero-order valence-electron chi connectivity index (χ0n) is 29.4. The average molecular weight is 634 g/mol. The first kappa shape index (κ1) is 42.6. The Balaban J connectivity index is 4.31. The summed E-state index contributed by atoms with van der Waals surface area (Å²) in [6.07, 6.45) is 28.9. The van der Waals surface area contributed by atoms with Crippen LogP contribution in [0.15, 0.2) is 37.0 Å². The topological polar surface area (TPSA) is 82.1 Å². The number of hydrogen-bond donors (Lipinski definition) is 0. The van der Waals surface area contributed by atoms with Gasteiger partial charge in [0, 0.05) is 19.3 Å². The molecular formula is C38H67NO6. The van der Waals surface area contributed by atoms with E-state index < -0.39 is 0 Å². The molecular weight excluding hydrogens is 566 g/mol. The molecule has 0 heterocycles. The van der Waals surface area contributed by atoms with Crippen LogP contribution in [0.1, 0.15) is 136 Å². The van der Waals surface area contributed by atoms with E-state index >= 15 is 0 Å². The number of carbonyl (C=O) groups excluding carboxylic acids is 3. The number of allylic oxidation sites excluding steroid dienone is 5. The molecule has 0 saturated carbocycles. The van der Waals surface area contributed by atoms with E-state index in [4.69, 9.17) is 14.2 Å². The number of hydrogen-bond acceptors (Lipinski definition) is 7. The van der Waals surface area contributed by atoms with Crippen molar-refractivity contribution in [3.63, 3.8) is 0 Å². The summed E-state index contributed by atoms with van der Waals surface area (Å²) in [5.41, 5.74) is 0. The van der Waals surface area contributed by atoms with Gasteiger partial charge in [-0.25, -0.2) is 0 Å². The fraction of sp³-hybridized carbons (Fsp3) is 0.763. The molecule has 2 atom stereocenters. The van der Waals surface area contributed by atoms with Crippen molar-refractivity contribution in [2.24, 2.45) is 11.8 Å². The largest absolute Gasteiger partial charge is 0.465 e. The summed E-state index contributed by atoms with van der Waals surface area (Å²) in [4.78, 5) is 38.9. The van der Waals surface area contributed by atoms with Gasteiger partial charge in [-0.2, -0.15) is 0 Å². The zero-order chi connectivity index (χ0) is 33.4. The molecule has 0 aliphatic rings. The minimum Gasteiger partial charge on any atom is -0.465 e. The second kappa shape index (κ2) is 31.6. The fourth-order valence-electron chi connectivity index (χ4n) is 4.87. The maximum absolute atomic E-state index is 12.4. The van der Waals surface area contributed by atoms with Gasteiger partial charge in [0.05, 0.1) is 5.92 Å². The van der Waals surface area contributed by atoms with E-state index in [0.29, 0.717) is 31.6 Å². The Morgan fingerprint density at radius 2 is 1.16 bits per heavy atom. The molecule has 0 spiro atoms. The number of carbonyl (C=O) groups is 3. The third kappa shape index (κ3) is 30.0. The summed E-state index contributed by atoms with van der Waals surface area (Å²) in [5.74, 6) is -0.680. The maximum Gasteiger partial charge on any atom is 0.305 e. The average Bonchev–Trinajstić information content (AvgIpc) is 3.01. The Kier molecular flexibility index (Phi) is 29.9. The Bertz CT molecular complexity index is 806. The van der Waals surface area contributed by atoms with Crippen LogP contribution < -0.4 is 0 Å². The minimum absolute atomic E-state index is 0.0578. The Labute approximate surface area is 276 Å². The highest BCUT2D eigenvalue weighted by molar-refractivity contribution is 5.70. The normalized spacial score (nSPS) is 12.9. The van der Waals surface area contributed by atoms with Crippen molar-refractivity contribution >= 4 is 17.9 Å². The van der Waals surface area contributed by atoms with Crippen LogP contribution in [0.4, 0.5) is 0 Å². The monoisotopic (exact) mass is 633 g/mol. The van der Waals surface area contributed by atoms with E-state index in [1.54, 1.807) is 0 Å². The summed E-state index contributed by atoms with van der Waals surface area (Å²) in [6, 6.07) is 0. The second-order valence-corrected chi connectivity index (χ2v) is 12.5. The molecule has 0 aromatic rings. The predicted octanol–water partition coefficient (Wildman–Crippen LogP) is 9.16. The predicted molar refractivity (Wildman–Crippen MR) is 186 cm³/mol. The second-order valence-electron chi connectivity index (χ2n) is 12.5. The van der Waals surface area contributed by atoms with Crippen molar-refractivity contribution in [1.82, 2.24) is 4.90 Å². The number of nitrogens with zero attached hydrogens (tertiary/aromatic N) is 1. The van der Waals surface area contributed by atoms with Crippen LogP contribution in [-0.2, 0) is 28.6 Å². The van der Waals surface area contributed by atoms with Crippen LogP contribution in [0.5, 0.6) is 0 Å². The molecule has 0 aromatic carbocycles. The molecule has 0 aliphatic carbocycles. The van der Waals surface area contributed by atoms with Crippen molar-refractivity contribution in [3.05, 3.63) is 37.0 Å². The third-order valence-corrected chi connectivity index (χ3v) is 7.83. The first-order chi connectivity index (χ1) is 21.8. The molecule has 0 N–H and O–H groups in total. The summed E-state index contributed by atoms with van der Waals surface area (Å²) in [5, 5.41) is 0. The molecule has 0 aromatic heterocycles. The standard InChI is InChI=1S/C38H67NO6/c1-6-9-10-11-12-13-14-15-16-17-18-19-20-21-22-27-36(40)43-31-35(33-45-38(42)29-24-30-39(4)5)32-44-37(41)28-23-26-34(8-3)25-7-2/h7,12-13,15-16,34-35H,2,6,8-11,14,17-33H2,1,3-5H3/b13-12-,16-15-. The molecule has 0 radical (unpaired) electrons. The van der Waals surface area contributed by atoms with E-state index in [1.807, 2.05) is 25.1 Å². The van der Waals surface area contributed by atoms with E-state index in [0.717, 1.165) is 70.8 Å². The lowest BCUT2D eigenvalue weighted by atomic mass is 9.96. The van der Waals surface area contributed by atoms with Gasteiger partial charge in [0.2, 0.25) is 0 Å². The van der Waals surface area contributed by atoms with Crippen molar-refractivity contribution < 1.29 is 28.6 Å². The van der Waals surface area contributed by atoms with Crippen LogP contribution in [0.2, 0.25) is 0 Å².